The molecular formula is C11H24N2O. The summed E-state index contributed by atoms with van der Waals surface area (Å²) < 4.78 is 5.74. The second kappa shape index (κ2) is 5.69. The number of hydrogen-bond donors (Lipinski definition) is 1. The third-order valence-corrected chi connectivity index (χ3v) is 2.70. The van der Waals surface area contributed by atoms with Gasteiger partial charge in [0.1, 0.15) is 0 Å². The van der Waals surface area contributed by atoms with Crippen LogP contribution in [0.2, 0.25) is 0 Å². The summed E-state index contributed by atoms with van der Waals surface area (Å²) in [6, 6.07) is 0.458. The first-order chi connectivity index (χ1) is 6.59. The Labute approximate surface area is 87.8 Å². The van der Waals surface area contributed by atoms with Gasteiger partial charge in [-0.05, 0) is 26.4 Å². The second-order valence-corrected chi connectivity index (χ2v) is 4.76. The summed E-state index contributed by atoms with van der Waals surface area (Å²) in [5.74, 6) is 0.707. The van der Waals surface area contributed by atoms with E-state index in [1.807, 2.05) is 0 Å². The standard InChI is InChI=1S/C11H24N2O/c1-9(2)7-12-10(3)11-8-13(4)5-6-14-11/h9-12H,5-8H2,1-4H3. The van der Waals surface area contributed by atoms with Crippen LogP contribution in [0.3, 0.4) is 0 Å². The Morgan fingerprint density at radius 1 is 1.43 bits per heavy atom. The highest BCUT2D eigenvalue weighted by Gasteiger charge is 2.22. The molecule has 2 unspecified atom stereocenters. The summed E-state index contributed by atoms with van der Waals surface area (Å²) >= 11 is 0. The monoisotopic (exact) mass is 200 g/mol. The molecule has 0 amide bonds. The van der Waals surface area contributed by atoms with Gasteiger partial charge < -0.3 is 15.0 Å². The highest BCUT2D eigenvalue weighted by atomic mass is 16.5. The van der Waals surface area contributed by atoms with Crippen molar-refractivity contribution in [3.8, 4) is 0 Å². The smallest absolute Gasteiger partial charge is 0.0852 e. The van der Waals surface area contributed by atoms with Crippen LogP contribution in [0.25, 0.3) is 0 Å². The lowest BCUT2D eigenvalue weighted by atomic mass is 10.1. The molecule has 1 heterocycles. The molecule has 1 aliphatic heterocycles. The minimum atomic E-state index is 0.354. The van der Waals surface area contributed by atoms with Crippen molar-refractivity contribution < 1.29 is 4.74 Å². The average Bonchev–Trinajstić information content (AvgIpc) is 2.14. The summed E-state index contributed by atoms with van der Waals surface area (Å²) in [6.45, 7) is 10.7. The van der Waals surface area contributed by atoms with E-state index in [1.54, 1.807) is 0 Å². The van der Waals surface area contributed by atoms with Crippen molar-refractivity contribution in [2.24, 2.45) is 5.92 Å². The van der Waals surface area contributed by atoms with Crippen LogP contribution in [-0.2, 0) is 4.74 Å². The van der Waals surface area contributed by atoms with Crippen LogP contribution in [0.4, 0.5) is 0 Å². The molecule has 0 bridgehead atoms. The summed E-state index contributed by atoms with van der Waals surface area (Å²) in [4.78, 5) is 2.34. The van der Waals surface area contributed by atoms with Gasteiger partial charge in [0.2, 0.25) is 0 Å². The summed E-state index contributed by atoms with van der Waals surface area (Å²) in [6.07, 6.45) is 0.354. The van der Waals surface area contributed by atoms with Gasteiger partial charge in [0.15, 0.2) is 0 Å². The van der Waals surface area contributed by atoms with Crippen molar-refractivity contribution in [1.82, 2.24) is 10.2 Å². The van der Waals surface area contributed by atoms with Gasteiger partial charge in [-0.3, -0.25) is 0 Å². The van der Waals surface area contributed by atoms with E-state index in [4.69, 9.17) is 4.74 Å². The van der Waals surface area contributed by atoms with E-state index >= 15 is 0 Å². The molecule has 0 aromatic rings. The minimum Gasteiger partial charge on any atom is -0.374 e. The van der Waals surface area contributed by atoms with Crippen LogP contribution >= 0.6 is 0 Å². The zero-order chi connectivity index (χ0) is 10.6. The molecule has 1 saturated heterocycles. The highest BCUT2D eigenvalue weighted by Crippen LogP contribution is 2.07. The van der Waals surface area contributed by atoms with E-state index in [0.29, 0.717) is 18.1 Å². The Morgan fingerprint density at radius 3 is 2.71 bits per heavy atom. The van der Waals surface area contributed by atoms with Crippen molar-refractivity contribution in [1.29, 1.82) is 0 Å². The summed E-state index contributed by atoms with van der Waals surface area (Å²) in [5.41, 5.74) is 0. The lowest BCUT2D eigenvalue weighted by Gasteiger charge is -2.34. The third-order valence-electron chi connectivity index (χ3n) is 2.70. The molecule has 0 spiro atoms. The van der Waals surface area contributed by atoms with Gasteiger partial charge >= 0.3 is 0 Å². The molecule has 0 aromatic heterocycles. The molecule has 3 nitrogen and oxygen atoms in total. The number of hydrogen-bond acceptors (Lipinski definition) is 3. The van der Waals surface area contributed by atoms with Crippen molar-refractivity contribution in [3.63, 3.8) is 0 Å². The molecule has 84 valence electrons. The zero-order valence-electron chi connectivity index (χ0n) is 9.92. The molecular weight excluding hydrogens is 176 g/mol. The molecule has 1 fully saturated rings. The van der Waals surface area contributed by atoms with Gasteiger partial charge in [0.25, 0.3) is 0 Å². The number of ether oxygens (including phenoxy) is 1. The number of nitrogens with one attached hydrogen (secondary N) is 1. The van der Waals surface area contributed by atoms with E-state index in [2.05, 4.69) is 38.0 Å². The van der Waals surface area contributed by atoms with Gasteiger partial charge in [-0.15, -0.1) is 0 Å². The van der Waals surface area contributed by atoms with Gasteiger partial charge in [0, 0.05) is 19.1 Å². The van der Waals surface area contributed by atoms with Gasteiger partial charge in [-0.1, -0.05) is 13.8 Å². The van der Waals surface area contributed by atoms with Crippen molar-refractivity contribution >= 4 is 0 Å². The molecule has 3 heteroatoms. The Bertz CT molecular complexity index is 161. The van der Waals surface area contributed by atoms with E-state index in [0.717, 1.165) is 26.2 Å². The van der Waals surface area contributed by atoms with E-state index in [-0.39, 0.29) is 0 Å². The topological polar surface area (TPSA) is 24.5 Å². The largest absolute Gasteiger partial charge is 0.374 e. The van der Waals surface area contributed by atoms with Crippen molar-refractivity contribution in [2.45, 2.75) is 32.9 Å². The second-order valence-electron chi connectivity index (χ2n) is 4.76. The lowest BCUT2D eigenvalue weighted by molar-refractivity contribution is -0.0356. The first-order valence-electron chi connectivity index (χ1n) is 5.63. The number of likely N-dealkylation sites (N-methyl/N-ethyl adjacent to an activating group) is 1. The van der Waals surface area contributed by atoms with Gasteiger partial charge in [-0.25, -0.2) is 0 Å². The molecule has 0 aromatic carbocycles. The number of rotatable bonds is 4. The summed E-state index contributed by atoms with van der Waals surface area (Å²) in [5, 5.41) is 3.52. The van der Waals surface area contributed by atoms with E-state index < -0.39 is 0 Å². The van der Waals surface area contributed by atoms with Gasteiger partial charge in [0.05, 0.1) is 12.7 Å². The maximum atomic E-state index is 5.74. The highest BCUT2D eigenvalue weighted by molar-refractivity contribution is 4.78. The first-order valence-corrected chi connectivity index (χ1v) is 5.63. The van der Waals surface area contributed by atoms with Crippen LogP contribution in [0, 0.1) is 5.92 Å². The molecule has 14 heavy (non-hydrogen) atoms. The van der Waals surface area contributed by atoms with E-state index in [1.165, 1.54) is 0 Å². The summed E-state index contributed by atoms with van der Waals surface area (Å²) in [7, 11) is 2.16. The van der Waals surface area contributed by atoms with Crippen molar-refractivity contribution in [2.75, 3.05) is 33.3 Å². The van der Waals surface area contributed by atoms with Gasteiger partial charge in [-0.2, -0.15) is 0 Å². The predicted molar refractivity (Wildman–Crippen MR) is 59.5 cm³/mol. The molecule has 1 aliphatic rings. The molecule has 1 rings (SSSR count). The Balaban J connectivity index is 2.25. The molecule has 0 radical (unpaired) electrons. The number of nitrogens with zero attached hydrogens (tertiary/aromatic N) is 1. The maximum absolute atomic E-state index is 5.74. The first kappa shape index (κ1) is 12.0. The predicted octanol–water partition coefficient (Wildman–Crippen LogP) is 0.951. The Morgan fingerprint density at radius 2 is 2.14 bits per heavy atom. The molecule has 0 saturated carbocycles. The zero-order valence-corrected chi connectivity index (χ0v) is 9.92. The van der Waals surface area contributed by atoms with Crippen LogP contribution < -0.4 is 5.32 Å². The van der Waals surface area contributed by atoms with Crippen LogP contribution in [0.5, 0.6) is 0 Å². The van der Waals surface area contributed by atoms with Crippen molar-refractivity contribution in [3.05, 3.63) is 0 Å². The fourth-order valence-corrected chi connectivity index (χ4v) is 1.67. The van der Waals surface area contributed by atoms with Crippen LogP contribution in [0.15, 0.2) is 0 Å². The van der Waals surface area contributed by atoms with Crippen LogP contribution in [0.1, 0.15) is 20.8 Å². The Kier molecular flexibility index (Phi) is 4.85. The fourth-order valence-electron chi connectivity index (χ4n) is 1.67. The average molecular weight is 200 g/mol. The van der Waals surface area contributed by atoms with Crippen LogP contribution in [-0.4, -0.2) is 50.3 Å². The quantitative estimate of drug-likeness (QED) is 0.731. The number of morpholine rings is 1. The molecule has 0 aliphatic carbocycles. The molecule has 2 atom stereocenters. The normalized spacial score (nSPS) is 26.8. The fraction of sp³-hybridized carbons (Fsp3) is 1.00. The SMILES string of the molecule is CC(C)CNC(C)C1CN(C)CCO1. The third kappa shape index (κ3) is 3.95. The molecule has 1 N–H and O–H groups in total. The Hall–Kier alpha value is -0.120. The maximum Gasteiger partial charge on any atom is 0.0852 e. The van der Waals surface area contributed by atoms with E-state index in [9.17, 15) is 0 Å². The lowest BCUT2D eigenvalue weighted by Crippen LogP contribution is -2.50. The minimum absolute atomic E-state index is 0.354.